The molecule has 4 rings (SSSR count). The van der Waals surface area contributed by atoms with Crippen molar-refractivity contribution in [3.63, 3.8) is 0 Å². The van der Waals surface area contributed by atoms with Crippen molar-refractivity contribution in [3.8, 4) is 10.6 Å². The van der Waals surface area contributed by atoms with Gasteiger partial charge in [-0.2, -0.15) is 0 Å². The number of anilines is 1. The molecule has 8 heteroatoms. The highest BCUT2D eigenvalue weighted by molar-refractivity contribution is 7.13. The summed E-state index contributed by atoms with van der Waals surface area (Å²) in [6.07, 6.45) is 0. The van der Waals surface area contributed by atoms with Gasteiger partial charge < -0.3 is 5.32 Å². The number of amides is 1. The molecule has 30 heavy (non-hydrogen) atoms. The molecule has 156 valence electrons. The molecule has 1 fully saturated rings. The van der Waals surface area contributed by atoms with Crippen LogP contribution in [-0.2, 0) is 11.3 Å². The van der Waals surface area contributed by atoms with Gasteiger partial charge in [-0.1, -0.05) is 30.3 Å². The number of nitrogens with one attached hydrogen (secondary N) is 1. The molecule has 0 bridgehead atoms. The first-order valence-corrected chi connectivity index (χ1v) is 10.6. The maximum absolute atomic E-state index is 13.7. The monoisotopic (exact) mass is 428 g/mol. The number of hydrogen-bond acceptors (Lipinski definition) is 5. The minimum atomic E-state index is -0.772. The molecule has 2 aromatic carbocycles. The number of benzene rings is 2. The molecular formula is C22H22F2N4OS. The zero-order valence-corrected chi connectivity index (χ0v) is 17.2. The first-order valence-electron chi connectivity index (χ1n) is 9.76. The van der Waals surface area contributed by atoms with E-state index in [1.165, 1.54) is 6.07 Å². The molecule has 3 aromatic rings. The first kappa shape index (κ1) is 20.6. The lowest BCUT2D eigenvalue weighted by atomic mass is 10.2. The molecule has 0 radical (unpaired) electrons. The van der Waals surface area contributed by atoms with Crippen LogP contribution in [0.1, 0.15) is 5.69 Å². The van der Waals surface area contributed by atoms with Gasteiger partial charge in [-0.3, -0.25) is 14.6 Å². The number of thiazole rings is 1. The number of piperazine rings is 1. The highest BCUT2D eigenvalue weighted by Gasteiger charge is 2.20. The van der Waals surface area contributed by atoms with Crippen molar-refractivity contribution in [3.05, 3.63) is 71.2 Å². The van der Waals surface area contributed by atoms with Gasteiger partial charge in [0.1, 0.15) is 16.6 Å². The molecule has 5 nitrogen and oxygen atoms in total. The van der Waals surface area contributed by atoms with Crippen LogP contribution in [0.3, 0.4) is 0 Å². The summed E-state index contributed by atoms with van der Waals surface area (Å²) in [4.78, 5) is 21.3. The lowest BCUT2D eigenvalue weighted by molar-refractivity contribution is -0.117. The van der Waals surface area contributed by atoms with E-state index in [1.807, 2.05) is 23.1 Å². The number of carbonyl (C=O) groups excluding carboxylic acids is 1. The SMILES string of the molecule is O=C(CN1CCN(Cc2csc(-c3ccccc3)n2)CC1)Nc1ccc(F)cc1F. The van der Waals surface area contributed by atoms with E-state index in [1.54, 1.807) is 11.3 Å². The molecule has 1 saturated heterocycles. The van der Waals surface area contributed by atoms with Crippen LogP contribution < -0.4 is 5.32 Å². The van der Waals surface area contributed by atoms with Crippen LogP contribution in [0.25, 0.3) is 10.6 Å². The van der Waals surface area contributed by atoms with Crippen LogP contribution in [0.2, 0.25) is 0 Å². The van der Waals surface area contributed by atoms with E-state index in [-0.39, 0.29) is 18.1 Å². The fourth-order valence-electron chi connectivity index (χ4n) is 3.41. The fraction of sp³-hybridized carbons (Fsp3) is 0.273. The van der Waals surface area contributed by atoms with E-state index in [2.05, 4.69) is 27.7 Å². The average molecular weight is 429 g/mol. The molecule has 0 unspecified atom stereocenters. The minimum Gasteiger partial charge on any atom is -0.322 e. The van der Waals surface area contributed by atoms with Crippen LogP contribution >= 0.6 is 11.3 Å². The number of hydrogen-bond donors (Lipinski definition) is 1. The molecule has 2 heterocycles. The molecule has 0 atom stereocenters. The molecule has 0 aliphatic carbocycles. The van der Waals surface area contributed by atoms with Crippen molar-refractivity contribution in [2.24, 2.45) is 0 Å². The van der Waals surface area contributed by atoms with Crippen LogP contribution in [0.4, 0.5) is 14.5 Å². The number of aromatic nitrogens is 1. The molecular weight excluding hydrogens is 406 g/mol. The van der Waals surface area contributed by atoms with Crippen LogP contribution in [0.5, 0.6) is 0 Å². The molecule has 1 N–H and O–H groups in total. The van der Waals surface area contributed by atoms with Gasteiger partial charge in [-0.05, 0) is 12.1 Å². The second kappa shape index (κ2) is 9.42. The van der Waals surface area contributed by atoms with E-state index in [0.717, 1.165) is 61.1 Å². The number of carbonyl (C=O) groups is 1. The van der Waals surface area contributed by atoms with Crippen molar-refractivity contribution in [1.29, 1.82) is 0 Å². The number of rotatable bonds is 6. The maximum Gasteiger partial charge on any atom is 0.238 e. The molecule has 1 amide bonds. The average Bonchev–Trinajstić information content (AvgIpc) is 3.21. The summed E-state index contributed by atoms with van der Waals surface area (Å²) in [7, 11) is 0. The maximum atomic E-state index is 13.7. The Balaban J connectivity index is 1.24. The number of nitrogens with zero attached hydrogens (tertiary/aromatic N) is 3. The van der Waals surface area contributed by atoms with E-state index in [0.29, 0.717) is 0 Å². The number of halogens is 2. The molecule has 0 spiro atoms. The lowest BCUT2D eigenvalue weighted by Crippen LogP contribution is -2.48. The second-order valence-corrected chi connectivity index (χ2v) is 8.09. The first-order chi connectivity index (χ1) is 14.6. The standard InChI is InChI=1S/C22H22F2N4OS/c23-17-6-7-20(19(24)12-17)26-21(29)14-28-10-8-27(9-11-28)13-18-15-30-22(25-18)16-4-2-1-3-5-16/h1-7,12,15H,8-11,13-14H2,(H,26,29). The highest BCUT2D eigenvalue weighted by Crippen LogP contribution is 2.24. The highest BCUT2D eigenvalue weighted by atomic mass is 32.1. The molecule has 0 saturated carbocycles. The van der Waals surface area contributed by atoms with Crippen molar-refractivity contribution in [2.75, 3.05) is 38.0 Å². The Morgan fingerprint density at radius 3 is 2.50 bits per heavy atom. The third kappa shape index (κ3) is 5.27. The Bertz CT molecular complexity index is 1000. The van der Waals surface area contributed by atoms with E-state index < -0.39 is 11.6 Å². The predicted molar refractivity (Wildman–Crippen MR) is 114 cm³/mol. The Hall–Kier alpha value is -2.68. The minimum absolute atomic E-state index is 0.00205. The van der Waals surface area contributed by atoms with Crippen LogP contribution in [0.15, 0.2) is 53.9 Å². The fourth-order valence-corrected chi connectivity index (χ4v) is 4.23. The third-order valence-corrected chi connectivity index (χ3v) is 5.94. The zero-order valence-electron chi connectivity index (χ0n) is 16.4. The Morgan fingerprint density at radius 1 is 1.03 bits per heavy atom. The lowest BCUT2D eigenvalue weighted by Gasteiger charge is -2.33. The van der Waals surface area contributed by atoms with Gasteiger partial charge in [-0.15, -0.1) is 11.3 Å². The second-order valence-electron chi connectivity index (χ2n) is 7.23. The molecule has 1 aromatic heterocycles. The van der Waals surface area contributed by atoms with Gasteiger partial charge in [0.05, 0.1) is 17.9 Å². The summed E-state index contributed by atoms with van der Waals surface area (Å²) in [5.41, 5.74) is 2.18. The van der Waals surface area contributed by atoms with E-state index in [9.17, 15) is 13.6 Å². The van der Waals surface area contributed by atoms with E-state index >= 15 is 0 Å². The Labute approximate surface area is 178 Å². The molecule has 1 aliphatic heterocycles. The van der Waals surface area contributed by atoms with Crippen molar-refractivity contribution >= 4 is 22.9 Å². The van der Waals surface area contributed by atoms with Gasteiger partial charge in [-0.25, -0.2) is 13.8 Å². The summed E-state index contributed by atoms with van der Waals surface area (Å²) in [6, 6.07) is 13.3. The van der Waals surface area contributed by atoms with Crippen LogP contribution in [0, 0.1) is 11.6 Å². The largest absolute Gasteiger partial charge is 0.322 e. The quantitative estimate of drug-likeness (QED) is 0.648. The topological polar surface area (TPSA) is 48.5 Å². The summed E-state index contributed by atoms with van der Waals surface area (Å²) in [5, 5.41) is 5.63. The van der Waals surface area contributed by atoms with Gasteiger partial charge in [0.25, 0.3) is 0 Å². The summed E-state index contributed by atoms with van der Waals surface area (Å²) < 4.78 is 26.6. The predicted octanol–water partition coefficient (Wildman–Crippen LogP) is 3.84. The van der Waals surface area contributed by atoms with Gasteiger partial charge >= 0.3 is 0 Å². The zero-order chi connectivity index (χ0) is 20.9. The molecule has 1 aliphatic rings. The van der Waals surface area contributed by atoms with Crippen LogP contribution in [-0.4, -0.2) is 53.4 Å². The van der Waals surface area contributed by atoms with E-state index in [4.69, 9.17) is 4.98 Å². The Morgan fingerprint density at radius 2 is 1.77 bits per heavy atom. The Kier molecular flexibility index (Phi) is 6.47. The van der Waals surface area contributed by atoms with Crippen molar-refractivity contribution in [2.45, 2.75) is 6.54 Å². The smallest absolute Gasteiger partial charge is 0.238 e. The summed E-state index contributed by atoms with van der Waals surface area (Å²) in [5.74, 6) is -1.75. The van der Waals surface area contributed by atoms with Gasteiger partial charge in [0.2, 0.25) is 5.91 Å². The third-order valence-electron chi connectivity index (χ3n) is 5.00. The summed E-state index contributed by atoms with van der Waals surface area (Å²) >= 11 is 1.65. The summed E-state index contributed by atoms with van der Waals surface area (Å²) in [6.45, 7) is 4.11. The van der Waals surface area contributed by atoms with Gasteiger partial charge in [0.15, 0.2) is 0 Å². The van der Waals surface area contributed by atoms with Gasteiger partial charge in [0, 0.05) is 49.7 Å². The normalized spacial score (nSPS) is 15.3. The van der Waals surface area contributed by atoms with Crippen molar-refractivity contribution in [1.82, 2.24) is 14.8 Å². The van der Waals surface area contributed by atoms with Crippen molar-refractivity contribution < 1.29 is 13.6 Å².